The molecule has 1 saturated heterocycles. The number of ketones is 1. The third-order valence-electron chi connectivity index (χ3n) is 13.0. The number of thioether (sulfide) groups is 1. The second kappa shape index (κ2) is 8.23. The lowest BCUT2D eigenvalue weighted by Crippen LogP contribution is -2.73. The second-order valence-electron chi connectivity index (χ2n) is 14.1. The molecule has 6 aliphatic carbocycles. The van der Waals surface area contributed by atoms with Crippen molar-refractivity contribution in [3.05, 3.63) is 23.8 Å². The van der Waals surface area contributed by atoms with Crippen LogP contribution in [-0.4, -0.2) is 63.2 Å². The highest BCUT2D eigenvalue weighted by Crippen LogP contribution is 2.78. The van der Waals surface area contributed by atoms with Crippen molar-refractivity contribution in [3.63, 3.8) is 0 Å². The van der Waals surface area contributed by atoms with Crippen LogP contribution in [0.1, 0.15) is 65.7 Å². The summed E-state index contributed by atoms with van der Waals surface area (Å²) in [7, 11) is 0. The molecule has 7 rings (SSSR count). The van der Waals surface area contributed by atoms with Gasteiger partial charge in [-0.05, 0) is 80.4 Å². The average Bonchev–Trinajstić information content (AvgIpc) is 3.64. The number of carbonyl (C=O) groups is 2. The van der Waals surface area contributed by atoms with Gasteiger partial charge in [0.25, 0.3) is 0 Å². The van der Waals surface area contributed by atoms with Crippen LogP contribution in [0.25, 0.3) is 0 Å². The van der Waals surface area contributed by atoms with Crippen LogP contribution in [0.4, 0.5) is 13.2 Å². The fourth-order valence-corrected chi connectivity index (χ4v) is 11.7. The maximum atomic E-state index is 17.7. The molecular weight excluding hydrogens is 527 g/mol. The van der Waals surface area contributed by atoms with E-state index in [1.54, 1.807) is 6.92 Å². The minimum absolute atomic E-state index is 0.0717. The highest BCUT2D eigenvalue weighted by Gasteiger charge is 2.83. The number of halogens is 3. The Bertz CT molecular complexity index is 1200. The predicted molar refractivity (Wildman–Crippen MR) is 140 cm³/mol. The van der Waals surface area contributed by atoms with Crippen molar-refractivity contribution in [2.24, 2.45) is 39.9 Å². The summed E-state index contributed by atoms with van der Waals surface area (Å²) in [6.07, 6.45) is 5.52. The molecule has 6 fully saturated rings. The number of aliphatic hydroxyl groups is 1. The van der Waals surface area contributed by atoms with E-state index in [9.17, 15) is 19.1 Å². The molecule has 7 aliphatic rings. The molecule has 2 bridgehead atoms. The molecule has 5 saturated carbocycles. The van der Waals surface area contributed by atoms with Gasteiger partial charge in [0, 0.05) is 35.3 Å². The van der Waals surface area contributed by atoms with Gasteiger partial charge in [0.2, 0.25) is 5.12 Å². The van der Waals surface area contributed by atoms with Gasteiger partial charge in [-0.1, -0.05) is 38.1 Å². The molecule has 214 valence electrons. The van der Waals surface area contributed by atoms with Crippen LogP contribution in [0, 0.1) is 39.9 Å². The number of hydroxylamine groups is 2. The van der Waals surface area contributed by atoms with E-state index in [1.807, 2.05) is 18.9 Å². The topological polar surface area (TPSA) is 66.8 Å². The second-order valence-corrected chi connectivity index (χ2v) is 15.0. The molecule has 12 atom stereocenters. The van der Waals surface area contributed by atoms with Gasteiger partial charge < -0.3 is 5.11 Å². The molecule has 1 heterocycles. The van der Waals surface area contributed by atoms with Crippen LogP contribution in [0.5, 0.6) is 0 Å². The van der Waals surface area contributed by atoms with E-state index in [0.717, 1.165) is 19.3 Å². The Balaban J connectivity index is 1.33. The Morgan fingerprint density at radius 2 is 1.97 bits per heavy atom. The lowest BCUT2D eigenvalue weighted by molar-refractivity contribution is -0.293. The highest BCUT2D eigenvalue weighted by molar-refractivity contribution is 8.13. The summed E-state index contributed by atoms with van der Waals surface area (Å²) < 4.78 is 47.4. The molecule has 0 spiro atoms. The SMILES string of the molecule is C[C@]12C[C@H](O)[C@@]3(F)[C@@H](C[C@H](F)C4=CC(=O)C=C[C@@]43C)[C@]1(C)C[C@H]1CN(C3CC4CCC3C4)O[C@]12C(=O)SCF. The summed E-state index contributed by atoms with van der Waals surface area (Å²) in [6, 6.07) is -0.687. The zero-order chi connectivity index (χ0) is 27.8. The first-order valence-electron chi connectivity index (χ1n) is 14.5. The van der Waals surface area contributed by atoms with Gasteiger partial charge in [-0.15, -0.1) is 0 Å². The van der Waals surface area contributed by atoms with E-state index in [4.69, 9.17) is 4.84 Å². The van der Waals surface area contributed by atoms with E-state index < -0.39 is 56.8 Å². The van der Waals surface area contributed by atoms with E-state index in [0.29, 0.717) is 36.6 Å². The fraction of sp³-hybridized carbons (Fsp3) is 0.800. The Hall–Kier alpha value is -1.16. The third-order valence-corrected chi connectivity index (χ3v) is 13.6. The summed E-state index contributed by atoms with van der Waals surface area (Å²) in [5.74, 6) is -0.451. The summed E-state index contributed by atoms with van der Waals surface area (Å²) >= 11 is 0.592. The number of allylic oxidation sites excluding steroid dienone is 4. The van der Waals surface area contributed by atoms with E-state index >= 15 is 8.78 Å². The van der Waals surface area contributed by atoms with Crippen molar-refractivity contribution in [1.82, 2.24) is 5.06 Å². The zero-order valence-corrected chi connectivity index (χ0v) is 23.6. The van der Waals surface area contributed by atoms with Crippen molar-refractivity contribution < 1.29 is 32.7 Å². The van der Waals surface area contributed by atoms with E-state index in [1.165, 1.54) is 24.6 Å². The lowest BCUT2D eigenvalue weighted by Gasteiger charge is -2.67. The Labute approximate surface area is 231 Å². The molecule has 0 radical (unpaired) electrons. The number of hydrogen-bond acceptors (Lipinski definition) is 6. The van der Waals surface area contributed by atoms with Gasteiger partial charge in [-0.25, -0.2) is 13.2 Å². The Morgan fingerprint density at radius 3 is 2.64 bits per heavy atom. The number of carbonyl (C=O) groups excluding carboxylic acids is 2. The first kappa shape index (κ1) is 26.7. The van der Waals surface area contributed by atoms with Gasteiger partial charge in [0.05, 0.1) is 6.10 Å². The molecule has 0 amide bonds. The summed E-state index contributed by atoms with van der Waals surface area (Å²) in [6.45, 7) is 5.89. The molecule has 39 heavy (non-hydrogen) atoms. The van der Waals surface area contributed by atoms with Crippen molar-refractivity contribution in [2.45, 2.75) is 95.3 Å². The normalized spacial score (nSPS) is 55.7. The van der Waals surface area contributed by atoms with Crippen LogP contribution in [0.15, 0.2) is 23.8 Å². The molecule has 1 N–H and O–H groups in total. The zero-order valence-electron chi connectivity index (χ0n) is 22.8. The van der Waals surface area contributed by atoms with Gasteiger partial charge in [-0.3, -0.25) is 14.4 Å². The maximum Gasteiger partial charge on any atom is 0.226 e. The number of nitrogens with zero attached hydrogens (tertiary/aromatic N) is 1. The minimum Gasteiger partial charge on any atom is -0.390 e. The quantitative estimate of drug-likeness (QED) is 0.502. The first-order valence-corrected chi connectivity index (χ1v) is 15.5. The molecule has 3 unspecified atom stereocenters. The number of alkyl halides is 3. The standard InChI is InChI=1S/C30H38F3NO4S/c1-26-7-6-19(35)10-20(26)21(32)11-23-27(2)12-18-14-34(22-9-16-4-5-17(22)8-16)38-30(18,25(37)39-15-31)28(27,3)13-24(36)29(23,26)33/h6-7,10,16-18,21-24,36H,4-5,8-9,11-15H2,1-3H3/t16?,17?,18-,21-,22?,23-,24-,26-,27-,28-,29-,30-/m0/s1. The average molecular weight is 566 g/mol. The number of aliphatic hydroxyl groups excluding tert-OH is 1. The monoisotopic (exact) mass is 565 g/mol. The Morgan fingerprint density at radius 1 is 1.21 bits per heavy atom. The summed E-state index contributed by atoms with van der Waals surface area (Å²) in [5, 5.41) is 13.3. The molecule has 0 aromatic heterocycles. The molecule has 9 heteroatoms. The van der Waals surface area contributed by atoms with Gasteiger partial charge in [0.15, 0.2) is 17.1 Å². The fourth-order valence-electron chi connectivity index (χ4n) is 11.0. The van der Waals surface area contributed by atoms with Crippen LogP contribution in [-0.2, 0) is 14.4 Å². The van der Waals surface area contributed by atoms with Gasteiger partial charge in [0.1, 0.15) is 12.2 Å². The molecular formula is C30H38F3NO4S. The molecule has 0 aromatic carbocycles. The molecule has 5 nitrogen and oxygen atoms in total. The van der Waals surface area contributed by atoms with Crippen LogP contribution < -0.4 is 0 Å². The highest BCUT2D eigenvalue weighted by atomic mass is 32.2. The van der Waals surface area contributed by atoms with E-state index in [2.05, 4.69) is 0 Å². The minimum atomic E-state index is -2.24. The van der Waals surface area contributed by atoms with Crippen LogP contribution in [0.2, 0.25) is 0 Å². The Kier molecular flexibility index (Phi) is 5.64. The maximum absolute atomic E-state index is 17.7. The third kappa shape index (κ3) is 2.96. The van der Waals surface area contributed by atoms with Crippen LogP contribution >= 0.6 is 11.8 Å². The van der Waals surface area contributed by atoms with Crippen molar-refractivity contribution in [1.29, 1.82) is 0 Å². The van der Waals surface area contributed by atoms with Gasteiger partial charge >= 0.3 is 0 Å². The number of hydrogen-bond donors (Lipinski definition) is 1. The largest absolute Gasteiger partial charge is 0.390 e. The predicted octanol–water partition coefficient (Wildman–Crippen LogP) is 5.28. The van der Waals surface area contributed by atoms with Crippen molar-refractivity contribution in [2.75, 3.05) is 12.6 Å². The van der Waals surface area contributed by atoms with Crippen molar-refractivity contribution in [3.8, 4) is 0 Å². The summed E-state index contributed by atoms with van der Waals surface area (Å²) in [5.41, 5.74) is -7.05. The number of rotatable bonds is 3. The number of fused-ring (bicyclic) bond motifs is 9. The van der Waals surface area contributed by atoms with Crippen LogP contribution in [0.3, 0.4) is 0 Å². The smallest absolute Gasteiger partial charge is 0.226 e. The van der Waals surface area contributed by atoms with Crippen molar-refractivity contribution >= 4 is 22.7 Å². The van der Waals surface area contributed by atoms with Gasteiger partial charge in [-0.2, -0.15) is 5.06 Å². The van der Waals surface area contributed by atoms with E-state index in [-0.39, 0.29) is 36.2 Å². The first-order chi connectivity index (χ1) is 18.4. The summed E-state index contributed by atoms with van der Waals surface area (Å²) in [4.78, 5) is 32.9. The molecule has 0 aromatic rings. The lowest BCUT2D eigenvalue weighted by atomic mass is 9.40. The molecule has 1 aliphatic heterocycles.